The lowest BCUT2D eigenvalue weighted by molar-refractivity contribution is 0.640. The third-order valence-corrected chi connectivity index (χ3v) is 4.31. The molecule has 0 aliphatic carbocycles. The molecule has 2 aromatic rings. The lowest BCUT2D eigenvalue weighted by Gasteiger charge is -2.15. The third kappa shape index (κ3) is 1.57. The standard InChI is InChI=1S/C10H14N6S/c1-4-5(11)3-6-7-8(16(2)15-6)13-10(12)14-9(7)17-4/h4-5H,3,11H2,1-2H3,(H2,12,13,14). The lowest BCUT2D eigenvalue weighted by atomic mass is 10.1. The molecular weight excluding hydrogens is 236 g/mol. The third-order valence-electron chi connectivity index (χ3n) is 3.07. The van der Waals surface area contributed by atoms with Crippen LogP contribution in [0.15, 0.2) is 5.03 Å². The summed E-state index contributed by atoms with van der Waals surface area (Å²) in [6.07, 6.45) is 0.756. The van der Waals surface area contributed by atoms with Gasteiger partial charge in [-0.05, 0) is 0 Å². The minimum absolute atomic E-state index is 0.0773. The van der Waals surface area contributed by atoms with E-state index in [-0.39, 0.29) is 12.0 Å². The summed E-state index contributed by atoms with van der Waals surface area (Å²) in [5, 5.41) is 6.67. The average molecular weight is 250 g/mol. The van der Waals surface area contributed by atoms with Gasteiger partial charge in [0.2, 0.25) is 5.95 Å². The zero-order valence-electron chi connectivity index (χ0n) is 9.71. The summed E-state index contributed by atoms with van der Waals surface area (Å²) < 4.78 is 1.75. The maximum Gasteiger partial charge on any atom is 0.223 e. The molecule has 0 bridgehead atoms. The topological polar surface area (TPSA) is 95.6 Å². The first-order valence-corrected chi connectivity index (χ1v) is 6.35. The number of hydrogen-bond acceptors (Lipinski definition) is 6. The molecule has 0 amide bonds. The second kappa shape index (κ2) is 3.58. The maximum absolute atomic E-state index is 6.13. The van der Waals surface area contributed by atoms with Gasteiger partial charge >= 0.3 is 0 Å². The molecule has 2 atom stereocenters. The molecule has 1 aliphatic rings. The molecule has 0 saturated carbocycles. The van der Waals surface area contributed by atoms with Crippen molar-refractivity contribution in [1.29, 1.82) is 0 Å². The Morgan fingerprint density at radius 1 is 1.41 bits per heavy atom. The highest BCUT2D eigenvalue weighted by Gasteiger charge is 2.27. The van der Waals surface area contributed by atoms with Crippen LogP contribution in [0.2, 0.25) is 0 Å². The van der Waals surface area contributed by atoms with Gasteiger partial charge in [0, 0.05) is 24.8 Å². The number of rotatable bonds is 0. The zero-order valence-corrected chi connectivity index (χ0v) is 10.5. The number of nitrogen functional groups attached to an aromatic ring is 1. The highest BCUT2D eigenvalue weighted by molar-refractivity contribution is 8.00. The number of anilines is 1. The van der Waals surface area contributed by atoms with Crippen LogP contribution in [0.3, 0.4) is 0 Å². The van der Waals surface area contributed by atoms with Crippen molar-refractivity contribution < 1.29 is 0 Å². The molecule has 0 saturated heterocycles. The largest absolute Gasteiger partial charge is 0.368 e. The van der Waals surface area contributed by atoms with E-state index in [4.69, 9.17) is 11.5 Å². The Balaban J connectivity index is 2.33. The van der Waals surface area contributed by atoms with Crippen LogP contribution in [-0.4, -0.2) is 31.0 Å². The Kier molecular flexibility index (Phi) is 2.27. The van der Waals surface area contributed by atoms with Crippen molar-refractivity contribution in [2.75, 3.05) is 5.73 Å². The summed E-state index contributed by atoms with van der Waals surface area (Å²) in [6, 6.07) is 0.0773. The van der Waals surface area contributed by atoms with Crippen LogP contribution >= 0.6 is 11.8 Å². The van der Waals surface area contributed by atoms with E-state index in [1.807, 2.05) is 7.05 Å². The van der Waals surface area contributed by atoms with Gasteiger partial charge in [-0.2, -0.15) is 10.1 Å². The van der Waals surface area contributed by atoms with E-state index >= 15 is 0 Å². The molecule has 0 aromatic carbocycles. The fraction of sp³-hybridized carbons (Fsp3) is 0.500. The minimum atomic E-state index is 0.0773. The van der Waals surface area contributed by atoms with Gasteiger partial charge in [0.25, 0.3) is 0 Å². The molecule has 0 radical (unpaired) electrons. The predicted molar refractivity (Wildman–Crippen MR) is 67.7 cm³/mol. The molecule has 90 valence electrons. The summed E-state index contributed by atoms with van der Waals surface area (Å²) in [5.74, 6) is 0.289. The van der Waals surface area contributed by atoms with Crippen molar-refractivity contribution in [2.24, 2.45) is 12.8 Å². The molecule has 17 heavy (non-hydrogen) atoms. The van der Waals surface area contributed by atoms with Gasteiger partial charge in [-0.3, -0.25) is 0 Å². The van der Waals surface area contributed by atoms with Crippen LogP contribution in [0.25, 0.3) is 11.0 Å². The van der Waals surface area contributed by atoms with E-state index in [2.05, 4.69) is 22.0 Å². The first kappa shape index (κ1) is 10.8. The summed E-state index contributed by atoms with van der Waals surface area (Å²) in [6.45, 7) is 2.10. The van der Waals surface area contributed by atoms with Crippen LogP contribution in [0, 0.1) is 0 Å². The monoisotopic (exact) mass is 250 g/mol. The molecule has 7 heteroatoms. The Hall–Kier alpha value is -1.34. The van der Waals surface area contributed by atoms with Gasteiger partial charge in [-0.25, -0.2) is 9.67 Å². The molecule has 6 nitrogen and oxygen atoms in total. The van der Waals surface area contributed by atoms with E-state index in [0.717, 1.165) is 28.2 Å². The van der Waals surface area contributed by atoms with Gasteiger partial charge in [0.15, 0.2) is 5.65 Å². The van der Waals surface area contributed by atoms with Gasteiger partial charge in [0.1, 0.15) is 5.03 Å². The second-order valence-electron chi connectivity index (χ2n) is 4.35. The van der Waals surface area contributed by atoms with E-state index < -0.39 is 0 Å². The summed E-state index contributed by atoms with van der Waals surface area (Å²) in [4.78, 5) is 8.55. The van der Waals surface area contributed by atoms with Crippen molar-refractivity contribution in [3.8, 4) is 0 Å². The first-order chi connectivity index (χ1) is 8.06. The number of aryl methyl sites for hydroxylation is 1. The Bertz CT molecular complexity index is 592. The summed E-state index contributed by atoms with van der Waals surface area (Å²) in [7, 11) is 1.86. The van der Waals surface area contributed by atoms with E-state index in [9.17, 15) is 0 Å². The first-order valence-electron chi connectivity index (χ1n) is 5.47. The second-order valence-corrected chi connectivity index (χ2v) is 5.71. The van der Waals surface area contributed by atoms with Crippen molar-refractivity contribution in [1.82, 2.24) is 19.7 Å². The number of nitrogens with two attached hydrogens (primary N) is 2. The summed E-state index contributed by atoms with van der Waals surface area (Å²) in [5.41, 5.74) is 13.6. The Morgan fingerprint density at radius 3 is 2.94 bits per heavy atom. The van der Waals surface area contributed by atoms with Crippen LogP contribution in [0.4, 0.5) is 5.95 Å². The molecule has 2 aromatic heterocycles. The molecule has 3 heterocycles. The molecular formula is C10H14N6S. The smallest absolute Gasteiger partial charge is 0.223 e. The van der Waals surface area contributed by atoms with Crippen LogP contribution in [0.5, 0.6) is 0 Å². The SMILES string of the molecule is CC1Sc2nc(N)nc3c2c(nn3C)CC1N. The fourth-order valence-electron chi connectivity index (χ4n) is 2.09. The highest BCUT2D eigenvalue weighted by atomic mass is 32.2. The fourth-order valence-corrected chi connectivity index (χ4v) is 3.19. The van der Waals surface area contributed by atoms with Crippen LogP contribution < -0.4 is 11.5 Å². The van der Waals surface area contributed by atoms with Gasteiger partial charge in [-0.15, -0.1) is 11.8 Å². The zero-order chi connectivity index (χ0) is 12.2. The lowest BCUT2D eigenvalue weighted by Crippen LogP contribution is -2.31. The van der Waals surface area contributed by atoms with Gasteiger partial charge in [-0.1, -0.05) is 6.92 Å². The number of hydrogen-bond donors (Lipinski definition) is 2. The maximum atomic E-state index is 6.13. The molecule has 1 aliphatic heterocycles. The van der Waals surface area contributed by atoms with Crippen molar-refractivity contribution in [2.45, 2.75) is 29.7 Å². The van der Waals surface area contributed by atoms with Crippen molar-refractivity contribution in [3.05, 3.63) is 5.69 Å². The highest BCUT2D eigenvalue weighted by Crippen LogP contribution is 2.35. The Labute approximate surface area is 103 Å². The van der Waals surface area contributed by atoms with E-state index in [1.165, 1.54) is 0 Å². The van der Waals surface area contributed by atoms with Crippen LogP contribution in [0.1, 0.15) is 12.6 Å². The van der Waals surface area contributed by atoms with Crippen molar-refractivity contribution in [3.63, 3.8) is 0 Å². The number of thioether (sulfide) groups is 1. The molecule has 3 rings (SSSR count). The molecule has 4 N–H and O–H groups in total. The van der Waals surface area contributed by atoms with Gasteiger partial charge < -0.3 is 11.5 Å². The molecule has 2 unspecified atom stereocenters. The Morgan fingerprint density at radius 2 is 2.18 bits per heavy atom. The van der Waals surface area contributed by atoms with E-state index in [1.54, 1.807) is 16.4 Å². The number of nitrogens with zero attached hydrogens (tertiary/aromatic N) is 4. The predicted octanol–water partition coefficient (Wildman–Crippen LogP) is 0.309. The quantitative estimate of drug-likeness (QED) is 0.653. The average Bonchev–Trinajstić information content (AvgIpc) is 2.49. The molecule has 0 spiro atoms. The van der Waals surface area contributed by atoms with Crippen molar-refractivity contribution >= 4 is 28.7 Å². The minimum Gasteiger partial charge on any atom is -0.368 e. The van der Waals surface area contributed by atoms with E-state index in [0.29, 0.717) is 5.25 Å². The number of aromatic nitrogens is 4. The van der Waals surface area contributed by atoms with Crippen LogP contribution in [-0.2, 0) is 13.5 Å². The normalized spacial score (nSPS) is 23.9. The summed E-state index contributed by atoms with van der Waals surface area (Å²) >= 11 is 1.65. The molecule has 0 fully saturated rings. The van der Waals surface area contributed by atoms with Gasteiger partial charge in [0.05, 0.1) is 11.1 Å².